The van der Waals surface area contributed by atoms with Crippen molar-refractivity contribution in [2.24, 2.45) is 5.73 Å². The second kappa shape index (κ2) is 10.1. The third kappa shape index (κ3) is 5.50. The van der Waals surface area contributed by atoms with Crippen molar-refractivity contribution in [3.05, 3.63) is 94.1 Å². The molecule has 0 aliphatic rings. The van der Waals surface area contributed by atoms with Gasteiger partial charge in [-0.25, -0.2) is 9.97 Å². The summed E-state index contributed by atoms with van der Waals surface area (Å²) in [6.07, 6.45) is 3.56. The lowest BCUT2D eigenvalue weighted by atomic mass is 9.94. The molecule has 0 saturated carbocycles. The molecular formula is C27H26N6O3S. The van der Waals surface area contributed by atoms with E-state index in [0.717, 1.165) is 16.3 Å². The van der Waals surface area contributed by atoms with Gasteiger partial charge in [-0.3, -0.25) is 4.79 Å². The Morgan fingerprint density at radius 2 is 1.86 bits per heavy atom. The lowest BCUT2D eigenvalue weighted by Crippen LogP contribution is -2.35. The van der Waals surface area contributed by atoms with Gasteiger partial charge in [0.1, 0.15) is 11.3 Å². The predicted molar refractivity (Wildman–Crippen MR) is 140 cm³/mol. The molecule has 5 rings (SSSR count). The SMILES string of the molecule is Cc1csc(CN(C)C(=O)c2cc(-c3ncco3)cc(-c3nnc(C(C)(N)Cc4ccccc4)o3)c2)n1. The molecule has 0 spiro atoms. The fourth-order valence-electron chi connectivity index (χ4n) is 4.00. The van der Waals surface area contributed by atoms with Gasteiger partial charge in [-0.1, -0.05) is 30.3 Å². The number of hydrogen-bond donors (Lipinski definition) is 1. The molecule has 0 saturated heterocycles. The molecule has 2 N–H and O–H groups in total. The normalized spacial score (nSPS) is 12.9. The number of carbonyl (C=O) groups is 1. The Morgan fingerprint density at radius 1 is 1.11 bits per heavy atom. The van der Waals surface area contributed by atoms with Crippen LogP contribution in [0.5, 0.6) is 0 Å². The van der Waals surface area contributed by atoms with Crippen LogP contribution in [0.15, 0.2) is 75.2 Å². The molecule has 0 bridgehead atoms. The Bertz CT molecular complexity index is 1510. The average Bonchev–Trinajstić information content (AvgIpc) is 3.66. The Kier molecular flexibility index (Phi) is 6.68. The highest BCUT2D eigenvalue weighted by molar-refractivity contribution is 7.09. The summed E-state index contributed by atoms with van der Waals surface area (Å²) in [5.74, 6) is 0.744. The van der Waals surface area contributed by atoms with E-state index in [4.69, 9.17) is 14.6 Å². The van der Waals surface area contributed by atoms with Crippen LogP contribution in [0.4, 0.5) is 0 Å². The van der Waals surface area contributed by atoms with E-state index in [1.165, 1.54) is 17.6 Å². The van der Waals surface area contributed by atoms with Gasteiger partial charge in [0.05, 0.1) is 18.3 Å². The summed E-state index contributed by atoms with van der Waals surface area (Å²) < 4.78 is 11.5. The fourth-order valence-corrected chi connectivity index (χ4v) is 4.82. The molecular weight excluding hydrogens is 488 g/mol. The molecule has 1 amide bonds. The first-order valence-corrected chi connectivity index (χ1v) is 12.5. The van der Waals surface area contributed by atoms with E-state index >= 15 is 0 Å². The number of aryl methyl sites for hydroxylation is 1. The molecule has 0 radical (unpaired) electrons. The zero-order chi connectivity index (χ0) is 26.0. The second-order valence-electron chi connectivity index (χ2n) is 9.17. The van der Waals surface area contributed by atoms with Crippen LogP contribution < -0.4 is 5.73 Å². The molecule has 9 nitrogen and oxygen atoms in total. The van der Waals surface area contributed by atoms with E-state index < -0.39 is 5.54 Å². The van der Waals surface area contributed by atoms with Crippen LogP contribution in [0.3, 0.4) is 0 Å². The van der Waals surface area contributed by atoms with E-state index in [1.807, 2.05) is 49.6 Å². The van der Waals surface area contributed by atoms with Gasteiger partial charge in [-0.15, -0.1) is 21.5 Å². The highest BCUT2D eigenvalue weighted by atomic mass is 32.1. The first-order chi connectivity index (χ1) is 17.8. The summed E-state index contributed by atoms with van der Waals surface area (Å²) in [7, 11) is 1.74. The van der Waals surface area contributed by atoms with Crippen molar-refractivity contribution >= 4 is 17.2 Å². The lowest BCUT2D eigenvalue weighted by molar-refractivity contribution is 0.0785. The Morgan fingerprint density at radius 3 is 2.54 bits per heavy atom. The van der Waals surface area contributed by atoms with Crippen molar-refractivity contribution in [1.82, 2.24) is 25.1 Å². The number of carbonyl (C=O) groups excluding carboxylic acids is 1. The van der Waals surface area contributed by atoms with Crippen molar-refractivity contribution in [2.45, 2.75) is 32.4 Å². The zero-order valence-corrected chi connectivity index (χ0v) is 21.5. The van der Waals surface area contributed by atoms with Gasteiger partial charge in [0, 0.05) is 34.8 Å². The number of benzene rings is 2. The molecule has 5 aromatic rings. The average molecular weight is 515 g/mol. The highest BCUT2D eigenvalue weighted by Crippen LogP contribution is 2.30. The molecule has 1 unspecified atom stereocenters. The molecule has 0 aliphatic carbocycles. The zero-order valence-electron chi connectivity index (χ0n) is 20.7. The van der Waals surface area contributed by atoms with E-state index in [1.54, 1.807) is 36.3 Å². The summed E-state index contributed by atoms with van der Waals surface area (Å²) in [6.45, 7) is 4.18. The van der Waals surface area contributed by atoms with Gasteiger partial charge in [0.2, 0.25) is 17.7 Å². The largest absolute Gasteiger partial charge is 0.445 e. The van der Waals surface area contributed by atoms with Crippen molar-refractivity contribution < 1.29 is 13.6 Å². The topological polar surface area (TPSA) is 124 Å². The van der Waals surface area contributed by atoms with E-state index in [0.29, 0.717) is 41.4 Å². The van der Waals surface area contributed by atoms with Crippen molar-refractivity contribution in [3.8, 4) is 22.9 Å². The smallest absolute Gasteiger partial charge is 0.254 e. The maximum absolute atomic E-state index is 13.4. The number of oxazole rings is 1. The number of rotatable bonds is 8. The lowest BCUT2D eigenvalue weighted by Gasteiger charge is -2.20. The number of hydrogen-bond acceptors (Lipinski definition) is 9. The Balaban J connectivity index is 1.47. The molecule has 37 heavy (non-hydrogen) atoms. The molecule has 10 heteroatoms. The molecule has 0 aliphatic heterocycles. The minimum absolute atomic E-state index is 0.185. The minimum atomic E-state index is -0.877. The summed E-state index contributed by atoms with van der Waals surface area (Å²) in [4.78, 5) is 23.7. The van der Waals surface area contributed by atoms with Gasteiger partial charge in [-0.05, 0) is 44.0 Å². The van der Waals surface area contributed by atoms with Crippen LogP contribution in [0.25, 0.3) is 22.9 Å². The highest BCUT2D eigenvalue weighted by Gasteiger charge is 2.29. The van der Waals surface area contributed by atoms with Crippen LogP contribution in [-0.4, -0.2) is 38.0 Å². The van der Waals surface area contributed by atoms with Gasteiger partial charge in [0.15, 0.2) is 0 Å². The third-order valence-electron chi connectivity index (χ3n) is 5.82. The fraction of sp³-hybridized carbons (Fsp3) is 0.222. The van der Waals surface area contributed by atoms with E-state index in [-0.39, 0.29) is 11.8 Å². The first-order valence-electron chi connectivity index (χ1n) is 11.7. The summed E-state index contributed by atoms with van der Waals surface area (Å²) >= 11 is 1.52. The number of aromatic nitrogens is 4. The van der Waals surface area contributed by atoms with Gasteiger partial charge in [0.25, 0.3) is 5.91 Å². The van der Waals surface area contributed by atoms with Gasteiger partial charge in [-0.2, -0.15) is 0 Å². The Labute approximate surface area is 218 Å². The van der Waals surface area contributed by atoms with Gasteiger partial charge < -0.3 is 19.5 Å². The number of thiazole rings is 1. The number of nitrogens with two attached hydrogens (primary N) is 1. The molecule has 3 aromatic heterocycles. The summed E-state index contributed by atoms with van der Waals surface area (Å²) in [5.41, 5.74) is 9.30. The molecule has 3 heterocycles. The summed E-state index contributed by atoms with van der Waals surface area (Å²) in [5, 5.41) is 11.3. The third-order valence-corrected chi connectivity index (χ3v) is 6.77. The van der Waals surface area contributed by atoms with Gasteiger partial charge >= 0.3 is 0 Å². The molecule has 1 atom stereocenters. The molecule has 188 valence electrons. The second-order valence-corrected chi connectivity index (χ2v) is 10.1. The van der Waals surface area contributed by atoms with Crippen LogP contribution in [0.2, 0.25) is 0 Å². The monoisotopic (exact) mass is 514 g/mol. The maximum atomic E-state index is 13.4. The predicted octanol–water partition coefficient (Wildman–Crippen LogP) is 4.85. The van der Waals surface area contributed by atoms with Crippen LogP contribution in [0.1, 0.15) is 39.4 Å². The number of nitrogens with zero attached hydrogens (tertiary/aromatic N) is 5. The standard InChI is InChI=1S/C27H26N6O3S/c1-17-16-37-22(30-17)15-33(3)25(34)21-12-19(23-29-9-10-35-23)11-20(13-21)24-31-32-26(36-24)27(2,28)14-18-7-5-4-6-8-18/h4-13,16H,14-15,28H2,1-3H3. The maximum Gasteiger partial charge on any atom is 0.254 e. The minimum Gasteiger partial charge on any atom is -0.445 e. The molecule has 0 fully saturated rings. The summed E-state index contributed by atoms with van der Waals surface area (Å²) in [6, 6.07) is 15.1. The quantitative estimate of drug-likeness (QED) is 0.312. The van der Waals surface area contributed by atoms with Crippen LogP contribution >= 0.6 is 11.3 Å². The van der Waals surface area contributed by atoms with Crippen molar-refractivity contribution in [1.29, 1.82) is 0 Å². The van der Waals surface area contributed by atoms with Crippen molar-refractivity contribution in [2.75, 3.05) is 7.05 Å². The van der Waals surface area contributed by atoms with E-state index in [2.05, 4.69) is 20.2 Å². The van der Waals surface area contributed by atoms with Crippen LogP contribution in [0, 0.1) is 6.92 Å². The molecule has 2 aromatic carbocycles. The first kappa shape index (κ1) is 24.5. The van der Waals surface area contributed by atoms with Crippen LogP contribution in [-0.2, 0) is 18.5 Å². The Hall–Kier alpha value is -4.15. The number of amides is 1. The van der Waals surface area contributed by atoms with E-state index in [9.17, 15) is 4.79 Å². The van der Waals surface area contributed by atoms with Crippen molar-refractivity contribution in [3.63, 3.8) is 0 Å².